The molecule has 0 aromatic carbocycles. The Bertz CT molecular complexity index is 1090. The van der Waals surface area contributed by atoms with Gasteiger partial charge in [-0.15, -0.1) is 0 Å². The Morgan fingerprint density at radius 2 is 0.633 bits per heavy atom. The predicted octanol–water partition coefficient (Wildman–Crippen LogP) is 17.0. The first-order valence-corrected chi connectivity index (χ1v) is 29.1. The van der Waals surface area contributed by atoms with Gasteiger partial charge in [0.1, 0.15) is 0 Å². The summed E-state index contributed by atoms with van der Waals surface area (Å²) in [7, 11) is 0. The Hall–Kier alpha value is -0.0800. The Labute approximate surface area is 375 Å². The minimum absolute atomic E-state index is 0.902. The van der Waals surface area contributed by atoms with Crippen LogP contribution in [0.15, 0.2) is 0 Å². The van der Waals surface area contributed by atoms with Crippen molar-refractivity contribution in [2.45, 2.75) is 308 Å². The molecule has 8 atom stereocenters. The lowest BCUT2D eigenvalue weighted by Gasteiger charge is -2.64. The topological polar surface area (TPSA) is 6.48 Å². The lowest BCUT2D eigenvalue weighted by atomic mass is 9.46. The highest BCUT2D eigenvalue weighted by Crippen LogP contribution is 2.62. The van der Waals surface area contributed by atoms with Crippen molar-refractivity contribution in [2.75, 3.05) is 0 Å². The van der Waals surface area contributed by atoms with E-state index in [1.807, 2.05) is 0 Å². The second-order valence-electron chi connectivity index (χ2n) is 24.6. The number of hydrogen-bond acceptors (Lipinski definition) is 2. The number of rotatable bonds is 20. The summed E-state index contributed by atoms with van der Waals surface area (Å²) in [5.41, 5.74) is 0. The summed E-state index contributed by atoms with van der Waals surface area (Å²) >= 11 is 0. The zero-order valence-corrected chi connectivity index (χ0v) is 41.0. The summed E-state index contributed by atoms with van der Waals surface area (Å²) in [6, 6.07) is 5.45. The van der Waals surface area contributed by atoms with E-state index in [9.17, 15) is 0 Å². The van der Waals surface area contributed by atoms with Gasteiger partial charge in [-0.2, -0.15) is 0 Å². The highest BCUT2D eigenvalue weighted by Gasteiger charge is 2.58. The van der Waals surface area contributed by atoms with Crippen LogP contribution in [0.2, 0.25) is 0 Å². The van der Waals surface area contributed by atoms with Gasteiger partial charge in [0.05, 0.1) is 0 Å². The van der Waals surface area contributed by atoms with Gasteiger partial charge in [-0.1, -0.05) is 118 Å². The van der Waals surface area contributed by atoms with E-state index in [1.165, 1.54) is 154 Å². The first-order valence-electron chi connectivity index (χ1n) is 29.1. The van der Waals surface area contributed by atoms with E-state index in [2.05, 4.69) is 37.5 Å². The molecular formula is C58H104N2. The van der Waals surface area contributed by atoms with Crippen LogP contribution in [0.4, 0.5) is 0 Å². The first-order chi connectivity index (χ1) is 29.5. The second-order valence-corrected chi connectivity index (χ2v) is 24.6. The highest BCUT2D eigenvalue weighted by molar-refractivity contribution is 5.10. The van der Waals surface area contributed by atoms with E-state index in [0.29, 0.717) is 0 Å². The van der Waals surface area contributed by atoms with E-state index >= 15 is 0 Å². The monoisotopic (exact) mass is 829 g/mol. The maximum Gasteiger partial charge on any atom is 0.0132 e. The van der Waals surface area contributed by atoms with Crippen LogP contribution in [-0.4, -0.2) is 46.1 Å². The zero-order valence-electron chi connectivity index (χ0n) is 41.0. The van der Waals surface area contributed by atoms with Crippen molar-refractivity contribution in [1.29, 1.82) is 0 Å². The Kier molecular flexibility index (Phi) is 18.1. The van der Waals surface area contributed by atoms with Crippen LogP contribution in [0.5, 0.6) is 0 Å². The normalized spacial score (nSPS) is 42.3. The third-order valence-electron chi connectivity index (χ3n) is 20.9. The minimum atomic E-state index is 0.902. The van der Waals surface area contributed by atoms with Crippen LogP contribution >= 0.6 is 0 Å². The van der Waals surface area contributed by atoms with E-state index in [-0.39, 0.29) is 0 Å². The third-order valence-corrected chi connectivity index (χ3v) is 20.9. The average Bonchev–Trinajstić information content (AvgIpc) is 3.28. The quantitative estimate of drug-likeness (QED) is 0.113. The molecule has 0 radical (unpaired) electrons. The SMILES string of the molecule is CCCCCCCCC1CCC(N(C2CCC(C)CC2)C2CCC3CCC4C5C(CCC2C35)CCC4N(C2CCC(C)CC2)C2CCC(CCCCCCCC)CC2)CC1. The lowest BCUT2D eigenvalue weighted by Crippen LogP contribution is -2.64. The Morgan fingerprint density at radius 3 is 1.00 bits per heavy atom. The summed E-state index contributed by atoms with van der Waals surface area (Å²) in [5, 5.41) is 0. The molecule has 8 rings (SSSR count). The molecule has 2 nitrogen and oxygen atoms in total. The van der Waals surface area contributed by atoms with Crippen LogP contribution in [0.25, 0.3) is 0 Å². The van der Waals surface area contributed by atoms with Crippen molar-refractivity contribution in [2.24, 2.45) is 59.2 Å². The van der Waals surface area contributed by atoms with Crippen molar-refractivity contribution in [1.82, 2.24) is 9.80 Å². The molecule has 346 valence electrons. The van der Waals surface area contributed by atoms with Gasteiger partial charge in [0.25, 0.3) is 0 Å². The van der Waals surface area contributed by atoms with Crippen molar-refractivity contribution < 1.29 is 0 Å². The molecule has 0 amide bonds. The average molecular weight is 829 g/mol. The van der Waals surface area contributed by atoms with Crippen LogP contribution in [-0.2, 0) is 0 Å². The van der Waals surface area contributed by atoms with Gasteiger partial charge in [0, 0.05) is 36.3 Å². The van der Waals surface area contributed by atoms with E-state index < -0.39 is 0 Å². The van der Waals surface area contributed by atoms with Crippen molar-refractivity contribution in [3.8, 4) is 0 Å². The summed E-state index contributed by atoms with van der Waals surface area (Å²) in [6.45, 7) is 9.86. The molecule has 0 aromatic heterocycles. The van der Waals surface area contributed by atoms with Gasteiger partial charge in [0.2, 0.25) is 0 Å². The summed E-state index contributed by atoms with van der Waals surface area (Å²) in [4.78, 5) is 6.86. The van der Waals surface area contributed by atoms with Crippen LogP contribution in [0, 0.1) is 59.2 Å². The third kappa shape index (κ3) is 11.5. The van der Waals surface area contributed by atoms with Crippen molar-refractivity contribution in [3.63, 3.8) is 0 Å². The first kappa shape index (κ1) is 46.4. The summed E-state index contributed by atoms with van der Waals surface area (Å²) in [5.74, 6) is 10.3. The highest BCUT2D eigenvalue weighted by atomic mass is 15.2. The molecule has 0 aliphatic heterocycles. The van der Waals surface area contributed by atoms with Gasteiger partial charge in [-0.05, 0) is 213 Å². The summed E-state index contributed by atoms with van der Waals surface area (Å²) < 4.78 is 0. The molecule has 0 N–H and O–H groups in total. The molecule has 8 aliphatic rings. The van der Waals surface area contributed by atoms with Gasteiger partial charge in [-0.25, -0.2) is 0 Å². The van der Waals surface area contributed by atoms with Crippen LogP contribution in [0.3, 0.4) is 0 Å². The van der Waals surface area contributed by atoms with Crippen LogP contribution in [0.1, 0.15) is 272 Å². The Morgan fingerprint density at radius 1 is 0.317 bits per heavy atom. The second kappa shape index (κ2) is 23.4. The Balaban J connectivity index is 0.953. The smallest absolute Gasteiger partial charge is 0.0132 e. The zero-order chi connectivity index (χ0) is 41.3. The molecule has 2 heteroatoms. The molecule has 8 saturated carbocycles. The molecule has 0 bridgehead atoms. The van der Waals surface area contributed by atoms with E-state index in [4.69, 9.17) is 0 Å². The van der Waals surface area contributed by atoms with Crippen LogP contribution < -0.4 is 0 Å². The molecule has 8 aliphatic carbocycles. The number of nitrogens with zero attached hydrogens (tertiary/aromatic N) is 2. The maximum atomic E-state index is 3.43. The largest absolute Gasteiger partial charge is 0.294 e. The van der Waals surface area contributed by atoms with Gasteiger partial charge >= 0.3 is 0 Å². The molecule has 0 saturated heterocycles. The molecule has 0 heterocycles. The van der Waals surface area contributed by atoms with E-state index in [0.717, 1.165) is 95.4 Å². The standard InChI is InChI=1S/C58H104N2/c1-5-7-9-11-13-15-17-45-23-35-51(36-24-45)59(49-31-19-43(3)20-32-49)55-41-29-47-28-40-54-56(42-30-48-27-39-53(55)57(47)58(48)54)60(50-33-21-44(4)22-34-50)52-37-25-46(26-38-52)18-16-14-12-10-8-6-2/h43-58H,5-42H2,1-4H3. The van der Waals surface area contributed by atoms with Crippen molar-refractivity contribution in [3.05, 3.63) is 0 Å². The van der Waals surface area contributed by atoms with Gasteiger partial charge < -0.3 is 0 Å². The lowest BCUT2D eigenvalue weighted by molar-refractivity contribution is -0.150. The molecule has 8 unspecified atom stereocenters. The molecule has 0 aromatic rings. The predicted molar refractivity (Wildman–Crippen MR) is 259 cm³/mol. The minimum Gasteiger partial charge on any atom is -0.294 e. The molecular weight excluding hydrogens is 725 g/mol. The fraction of sp³-hybridized carbons (Fsp3) is 1.00. The molecule has 8 fully saturated rings. The number of unbranched alkanes of at least 4 members (excludes halogenated alkanes) is 10. The number of hydrogen-bond donors (Lipinski definition) is 0. The summed E-state index contributed by atoms with van der Waals surface area (Å²) in [6.07, 6.45) is 57.8. The maximum absolute atomic E-state index is 3.43. The van der Waals surface area contributed by atoms with Gasteiger partial charge in [0.15, 0.2) is 0 Å². The fourth-order valence-electron chi connectivity index (χ4n) is 17.6. The van der Waals surface area contributed by atoms with E-state index in [1.54, 1.807) is 89.9 Å². The molecule has 60 heavy (non-hydrogen) atoms. The fourth-order valence-corrected chi connectivity index (χ4v) is 17.6. The van der Waals surface area contributed by atoms with Gasteiger partial charge in [-0.3, -0.25) is 9.80 Å². The molecule has 0 spiro atoms. The van der Waals surface area contributed by atoms with Crippen molar-refractivity contribution >= 4 is 0 Å².